The highest BCUT2D eigenvalue weighted by Gasteiger charge is 2.17. The third kappa shape index (κ3) is 3.92. The molecule has 2 aromatic rings. The van der Waals surface area contributed by atoms with Crippen LogP contribution in [0.2, 0.25) is 5.02 Å². The summed E-state index contributed by atoms with van der Waals surface area (Å²) >= 11 is 5.79. The minimum atomic E-state index is -1.08. The summed E-state index contributed by atoms with van der Waals surface area (Å²) < 4.78 is 44.0. The van der Waals surface area contributed by atoms with E-state index >= 15 is 0 Å². The normalized spacial score (nSPS) is 11.9. The summed E-state index contributed by atoms with van der Waals surface area (Å²) in [5.41, 5.74) is 0.216. The van der Waals surface area contributed by atoms with E-state index in [0.717, 1.165) is 24.3 Å². The molecule has 0 saturated heterocycles. The molecule has 1 amide bonds. The highest BCUT2D eigenvalue weighted by Crippen LogP contribution is 2.23. The number of anilines is 1. The van der Waals surface area contributed by atoms with Crippen molar-refractivity contribution in [2.75, 3.05) is 5.32 Å². The van der Waals surface area contributed by atoms with Crippen LogP contribution in [-0.2, 0) is 4.79 Å². The van der Waals surface area contributed by atoms with Gasteiger partial charge in [-0.1, -0.05) is 11.6 Å². The summed E-state index contributed by atoms with van der Waals surface area (Å²) in [5.74, 6) is -3.19. The summed E-state index contributed by atoms with van der Waals surface area (Å²) in [6.07, 6.45) is -0.994. The fourth-order valence-electron chi connectivity index (χ4n) is 1.63. The molecule has 2 rings (SSSR count). The predicted octanol–water partition coefficient (Wildman–Crippen LogP) is 4.16. The molecule has 3 nitrogen and oxygen atoms in total. The fraction of sp³-hybridized carbons (Fsp3) is 0.133. The first-order valence-corrected chi connectivity index (χ1v) is 6.62. The number of rotatable bonds is 4. The van der Waals surface area contributed by atoms with E-state index < -0.39 is 29.5 Å². The van der Waals surface area contributed by atoms with Crippen molar-refractivity contribution in [3.05, 3.63) is 58.9 Å². The predicted molar refractivity (Wildman–Crippen MR) is 76.5 cm³/mol. The second-order valence-electron chi connectivity index (χ2n) is 4.45. The van der Waals surface area contributed by atoms with E-state index in [1.165, 1.54) is 19.1 Å². The van der Waals surface area contributed by atoms with Crippen LogP contribution in [0, 0.1) is 17.5 Å². The number of halogens is 4. The van der Waals surface area contributed by atoms with Crippen LogP contribution in [-0.4, -0.2) is 12.0 Å². The van der Waals surface area contributed by atoms with Gasteiger partial charge in [-0.05, 0) is 37.3 Å². The van der Waals surface area contributed by atoms with Crippen molar-refractivity contribution in [2.45, 2.75) is 13.0 Å². The number of hydrogen-bond donors (Lipinski definition) is 1. The van der Waals surface area contributed by atoms with Crippen LogP contribution in [0.15, 0.2) is 36.4 Å². The quantitative estimate of drug-likeness (QED) is 0.914. The van der Waals surface area contributed by atoms with Gasteiger partial charge in [0, 0.05) is 6.07 Å². The van der Waals surface area contributed by atoms with E-state index in [1.54, 1.807) is 0 Å². The Balaban J connectivity index is 2.04. The molecule has 7 heteroatoms. The standard InChI is InChI=1S/C15H11ClF3NO2/c1-8(22-10-3-4-12(18)13(19)7-10)15(21)20-14-5-2-9(17)6-11(14)16/h2-8H,1H3,(H,20,21)/t8-/m0/s1. The molecule has 0 unspecified atom stereocenters. The zero-order valence-electron chi connectivity index (χ0n) is 11.4. The molecule has 0 fully saturated rings. The summed E-state index contributed by atoms with van der Waals surface area (Å²) in [6, 6.07) is 6.43. The van der Waals surface area contributed by atoms with Crippen LogP contribution in [0.5, 0.6) is 5.75 Å². The molecular formula is C15H11ClF3NO2. The lowest BCUT2D eigenvalue weighted by molar-refractivity contribution is -0.122. The van der Waals surface area contributed by atoms with Gasteiger partial charge in [-0.2, -0.15) is 0 Å². The molecule has 0 spiro atoms. The van der Waals surface area contributed by atoms with E-state index in [2.05, 4.69) is 5.32 Å². The maximum absolute atomic E-state index is 13.1. The molecule has 0 aliphatic heterocycles. The van der Waals surface area contributed by atoms with Crippen LogP contribution in [0.25, 0.3) is 0 Å². The average molecular weight is 330 g/mol. The van der Waals surface area contributed by atoms with Crippen molar-refractivity contribution in [2.24, 2.45) is 0 Å². The first-order chi connectivity index (χ1) is 10.4. The zero-order chi connectivity index (χ0) is 16.3. The lowest BCUT2D eigenvalue weighted by Crippen LogP contribution is -2.30. The van der Waals surface area contributed by atoms with Crippen LogP contribution in [0.3, 0.4) is 0 Å². The van der Waals surface area contributed by atoms with Gasteiger partial charge in [-0.3, -0.25) is 4.79 Å². The van der Waals surface area contributed by atoms with Gasteiger partial charge in [0.2, 0.25) is 0 Å². The number of ether oxygens (including phenoxy) is 1. The zero-order valence-corrected chi connectivity index (χ0v) is 12.1. The minimum absolute atomic E-state index is 0.00625. The Labute approximate surface area is 129 Å². The fourth-order valence-corrected chi connectivity index (χ4v) is 1.85. The highest BCUT2D eigenvalue weighted by atomic mass is 35.5. The van der Waals surface area contributed by atoms with E-state index in [4.69, 9.17) is 16.3 Å². The van der Waals surface area contributed by atoms with Gasteiger partial charge in [-0.25, -0.2) is 13.2 Å². The van der Waals surface area contributed by atoms with E-state index in [0.29, 0.717) is 0 Å². The van der Waals surface area contributed by atoms with Crippen molar-refractivity contribution in [1.82, 2.24) is 0 Å². The smallest absolute Gasteiger partial charge is 0.265 e. The molecule has 1 N–H and O–H groups in total. The number of amides is 1. The Bertz CT molecular complexity index is 709. The van der Waals surface area contributed by atoms with Crippen LogP contribution in [0.4, 0.5) is 18.9 Å². The second-order valence-corrected chi connectivity index (χ2v) is 4.86. The Morgan fingerprint density at radius 3 is 2.50 bits per heavy atom. The van der Waals surface area contributed by atoms with Crippen LogP contribution in [0.1, 0.15) is 6.92 Å². The van der Waals surface area contributed by atoms with Gasteiger partial charge in [-0.15, -0.1) is 0 Å². The van der Waals surface area contributed by atoms with Gasteiger partial charge in [0.05, 0.1) is 10.7 Å². The Hall–Kier alpha value is -2.21. The number of carbonyl (C=O) groups excluding carboxylic acids is 1. The molecule has 0 radical (unpaired) electrons. The minimum Gasteiger partial charge on any atom is -0.481 e. The third-order valence-electron chi connectivity index (χ3n) is 2.76. The van der Waals surface area contributed by atoms with Crippen molar-refractivity contribution >= 4 is 23.2 Å². The number of benzene rings is 2. The van der Waals surface area contributed by atoms with Crippen LogP contribution >= 0.6 is 11.6 Å². The molecule has 0 heterocycles. The molecule has 0 bridgehead atoms. The van der Waals surface area contributed by atoms with Crippen molar-refractivity contribution < 1.29 is 22.7 Å². The SMILES string of the molecule is C[C@H](Oc1ccc(F)c(F)c1)C(=O)Nc1ccc(F)cc1Cl. The Morgan fingerprint density at radius 2 is 1.86 bits per heavy atom. The van der Waals surface area contributed by atoms with Gasteiger partial charge in [0.25, 0.3) is 5.91 Å². The first-order valence-electron chi connectivity index (χ1n) is 6.24. The van der Waals surface area contributed by atoms with Crippen molar-refractivity contribution in [3.63, 3.8) is 0 Å². The molecule has 2 aromatic carbocycles. The Kier molecular flexibility index (Phi) is 4.92. The van der Waals surface area contributed by atoms with E-state index in [1.807, 2.05) is 0 Å². The van der Waals surface area contributed by atoms with Crippen molar-refractivity contribution in [3.8, 4) is 5.75 Å². The molecule has 0 aromatic heterocycles. The molecule has 0 aliphatic carbocycles. The average Bonchev–Trinajstić information content (AvgIpc) is 2.45. The van der Waals surface area contributed by atoms with Gasteiger partial charge < -0.3 is 10.1 Å². The van der Waals surface area contributed by atoms with Gasteiger partial charge >= 0.3 is 0 Å². The summed E-state index contributed by atoms with van der Waals surface area (Å²) in [7, 11) is 0. The lowest BCUT2D eigenvalue weighted by Gasteiger charge is -2.15. The maximum atomic E-state index is 13.1. The molecule has 22 heavy (non-hydrogen) atoms. The van der Waals surface area contributed by atoms with Gasteiger partial charge in [0.15, 0.2) is 17.7 Å². The monoisotopic (exact) mass is 329 g/mol. The lowest BCUT2D eigenvalue weighted by atomic mass is 10.2. The van der Waals surface area contributed by atoms with E-state index in [9.17, 15) is 18.0 Å². The molecule has 0 aliphatic rings. The molecule has 116 valence electrons. The van der Waals surface area contributed by atoms with Crippen LogP contribution < -0.4 is 10.1 Å². The van der Waals surface area contributed by atoms with Gasteiger partial charge in [0.1, 0.15) is 11.6 Å². The third-order valence-corrected chi connectivity index (χ3v) is 3.07. The topological polar surface area (TPSA) is 38.3 Å². The summed E-state index contributed by atoms with van der Waals surface area (Å²) in [5, 5.41) is 2.49. The second kappa shape index (κ2) is 6.70. The number of nitrogens with one attached hydrogen (secondary N) is 1. The molecular weight excluding hydrogens is 319 g/mol. The molecule has 1 atom stereocenters. The summed E-state index contributed by atoms with van der Waals surface area (Å²) in [6.45, 7) is 1.42. The van der Waals surface area contributed by atoms with E-state index in [-0.39, 0.29) is 16.5 Å². The molecule has 0 saturated carbocycles. The summed E-state index contributed by atoms with van der Waals surface area (Å²) in [4.78, 5) is 11.9. The number of carbonyl (C=O) groups is 1. The first kappa shape index (κ1) is 16.2. The van der Waals surface area contributed by atoms with Crippen molar-refractivity contribution in [1.29, 1.82) is 0 Å². The number of hydrogen-bond acceptors (Lipinski definition) is 2. The maximum Gasteiger partial charge on any atom is 0.265 e. The highest BCUT2D eigenvalue weighted by molar-refractivity contribution is 6.33. The Morgan fingerprint density at radius 1 is 1.14 bits per heavy atom. The largest absolute Gasteiger partial charge is 0.481 e.